The third-order valence-corrected chi connectivity index (χ3v) is 2.22. The summed E-state index contributed by atoms with van der Waals surface area (Å²) in [4.78, 5) is 8.17. The van der Waals surface area contributed by atoms with Crippen molar-refractivity contribution in [2.45, 2.75) is 0 Å². The average Bonchev–Trinajstić information content (AvgIpc) is 2.73. The molecule has 0 radical (unpaired) electrons. The first kappa shape index (κ1) is 8.78. The summed E-state index contributed by atoms with van der Waals surface area (Å²) in [5.74, 6) is 0.635. The standard InChI is InChI=1S/C10H8N6/c11-7-1-2-9-14-15-10(16(9)6-7)8-5-12-3-4-13-8/h1-6H,11H2. The largest absolute Gasteiger partial charge is 0.398 e. The molecule has 3 aromatic heterocycles. The summed E-state index contributed by atoms with van der Waals surface area (Å²) in [6.07, 6.45) is 6.63. The van der Waals surface area contributed by atoms with Gasteiger partial charge in [-0.3, -0.25) is 9.38 Å². The lowest BCUT2D eigenvalue weighted by Crippen LogP contribution is -1.94. The van der Waals surface area contributed by atoms with E-state index in [1.54, 1.807) is 35.3 Å². The molecule has 0 saturated heterocycles. The molecule has 0 spiro atoms. The molecule has 0 aliphatic carbocycles. The Labute approximate surface area is 90.8 Å². The number of nitrogen functional groups attached to an aromatic ring is 1. The minimum atomic E-state index is 0.635. The third kappa shape index (κ3) is 1.28. The van der Waals surface area contributed by atoms with Gasteiger partial charge in [0.1, 0.15) is 5.69 Å². The Hall–Kier alpha value is -2.50. The second kappa shape index (κ2) is 3.27. The van der Waals surface area contributed by atoms with Crippen molar-refractivity contribution in [3.63, 3.8) is 0 Å². The smallest absolute Gasteiger partial charge is 0.188 e. The van der Waals surface area contributed by atoms with E-state index in [-0.39, 0.29) is 0 Å². The van der Waals surface area contributed by atoms with E-state index in [2.05, 4.69) is 20.2 Å². The zero-order chi connectivity index (χ0) is 11.0. The van der Waals surface area contributed by atoms with Gasteiger partial charge in [0.05, 0.1) is 6.20 Å². The van der Waals surface area contributed by atoms with Crippen LogP contribution in [0, 0.1) is 0 Å². The zero-order valence-electron chi connectivity index (χ0n) is 8.28. The van der Waals surface area contributed by atoms with Crippen LogP contribution in [0.1, 0.15) is 0 Å². The number of pyridine rings is 1. The van der Waals surface area contributed by atoms with Crippen molar-refractivity contribution in [3.05, 3.63) is 36.9 Å². The van der Waals surface area contributed by atoms with Crippen LogP contribution in [-0.4, -0.2) is 24.6 Å². The first-order valence-corrected chi connectivity index (χ1v) is 4.71. The highest BCUT2D eigenvalue weighted by Gasteiger charge is 2.08. The lowest BCUT2D eigenvalue weighted by molar-refractivity contribution is 1.07. The molecule has 0 aliphatic heterocycles. The van der Waals surface area contributed by atoms with Crippen molar-refractivity contribution >= 4 is 11.3 Å². The molecule has 2 N–H and O–H groups in total. The predicted molar refractivity (Wildman–Crippen MR) is 58.4 cm³/mol. The van der Waals surface area contributed by atoms with Gasteiger partial charge < -0.3 is 5.73 Å². The summed E-state index contributed by atoms with van der Waals surface area (Å²) < 4.78 is 1.79. The molecule has 6 heteroatoms. The van der Waals surface area contributed by atoms with E-state index in [0.29, 0.717) is 17.2 Å². The van der Waals surface area contributed by atoms with Crippen LogP contribution in [0.25, 0.3) is 17.2 Å². The Morgan fingerprint density at radius 3 is 2.88 bits per heavy atom. The van der Waals surface area contributed by atoms with E-state index < -0.39 is 0 Å². The molecule has 3 aromatic rings. The molecule has 6 nitrogen and oxygen atoms in total. The Balaban J connectivity index is 2.29. The van der Waals surface area contributed by atoms with Gasteiger partial charge in [-0.1, -0.05) is 0 Å². The number of hydrogen-bond acceptors (Lipinski definition) is 5. The van der Waals surface area contributed by atoms with Crippen molar-refractivity contribution in [2.24, 2.45) is 0 Å². The number of fused-ring (bicyclic) bond motifs is 1. The van der Waals surface area contributed by atoms with Gasteiger partial charge in [-0.05, 0) is 12.1 Å². The van der Waals surface area contributed by atoms with Crippen LogP contribution in [0.15, 0.2) is 36.9 Å². The number of nitrogens with two attached hydrogens (primary N) is 1. The normalized spacial score (nSPS) is 10.8. The van der Waals surface area contributed by atoms with Crippen molar-refractivity contribution < 1.29 is 0 Å². The van der Waals surface area contributed by atoms with Crippen molar-refractivity contribution in [3.8, 4) is 11.5 Å². The van der Waals surface area contributed by atoms with E-state index in [1.165, 1.54) is 0 Å². The fraction of sp³-hybridized carbons (Fsp3) is 0. The molecule has 0 amide bonds. The predicted octanol–water partition coefficient (Wildman–Crippen LogP) is 0.768. The van der Waals surface area contributed by atoms with Gasteiger partial charge in [-0.2, -0.15) is 0 Å². The minimum Gasteiger partial charge on any atom is -0.398 e. The Morgan fingerprint density at radius 2 is 2.06 bits per heavy atom. The molecule has 0 bridgehead atoms. The fourth-order valence-electron chi connectivity index (χ4n) is 1.50. The number of hydrogen-bond donors (Lipinski definition) is 1. The van der Waals surface area contributed by atoms with Crippen LogP contribution in [0.2, 0.25) is 0 Å². The van der Waals surface area contributed by atoms with Gasteiger partial charge >= 0.3 is 0 Å². The minimum absolute atomic E-state index is 0.635. The topological polar surface area (TPSA) is 82.0 Å². The van der Waals surface area contributed by atoms with Crippen LogP contribution in [0.4, 0.5) is 5.69 Å². The maximum absolute atomic E-state index is 5.72. The summed E-state index contributed by atoms with van der Waals surface area (Å²) in [5.41, 5.74) is 7.77. The third-order valence-electron chi connectivity index (χ3n) is 2.22. The van der Waals surface area contributed by atoms with Gasteiger partial charge in [0.15, 0.2) is 11.5 Å². The van der Waals surface area contributed by atoms with Gasteiger partial charge in [0.25, 0.3) is 0 Å². The molecule has 0 unspecified atom stereocenters. The highest BCUT2D eigenvalue weighted by atomic mass is 15.3. The maximum atomic E-state index is 5.72. The van der Waals surface area contributed by atoms with Crippen LogP contribution < -0.4 is 5.73 Å². The van der Waals surface area contributed by atoms with E-state index >= 15 is 0 Å². The van der Waals surface area contributed by atoms with E-state index in [9.17, 15) is 0 Å². The number of rotatable bonds is 1. The molecule has 16 heavy (non-hydrogen) atoms. The van der Waals surface area contributed by atoms with Crippen LogP contribution in [0.3, 0.4) is 0 Å². The van der Waals surface area contributed by atoms with Crippen molar-refractivity contribution in [2.75, 3.05) is 5.73 Å². The van der Waals surface area contributed by atoms with Gasteiger partial charge in [0, 0.05) is 24.3 Å². The summed E-state index contributed by atoms with van der Waals surface area (Å²) >= 11 is 0. The quantitative estimate of drug-likeness (QED) is 0.644. The molecule has 0 saturated carbocycles. The Morgan fingerprint density at radius 1 is 1.12 bits per heavy atom. The fourth-order valence-corrected chi connectivity index (χ4v) is 1.50. The average molecular weight is 212 g/mol. The van der Waals surface area contributed by atoms with Crippen LogP contribution in [-0.2, 0) is 0 Å². The van der Waals surface area contributed by atoms with Gasteiger partial charge in [-0.15, -0.1) is 10.2 Å². The second-order valence-electron chi connectivity index (χ2n) is 3.30. The molecule has 3 heterocycles. The van der Waals surface area contributed by atoms with Crippen LogP contribution >= 0.6 is 0 Å². The second-order valence-corrected chi connectivity index (χ2v) is 3.30. The zero-order valence-corrected chi connectivity index (χ0v) is 8.28. The number of aromatic nitrogens is 5. The monoisotopic (exact) mass is 212 g/mol. The lowest BCUT2D eigenvalue weighted by Gasteiger charge is -1.99. The molecular formula is C10H8N6. The molecule has 0 fully saturated rings. The molecule has 0 aliphatic rings. The van der Waals surface area contributed by atoms with Crippen LogP contribution in [0.5, 0.6) is 0 Å². The van der Waals surface area contributed by atoms with Gasteiger partial charge in [0.2, 0.25) is 0 Å². The summed E-state index contributed by atoms with van der Waals surface area (Å²) in [6, 6.07) is 3.59. The summed E-state index contributed by atoms with van der Waals surface area (Å²) in [6.45, 7) is 0. The summed E-state index contributed by atoms with van der Waals surface area (Å²) in [5, 5.41) is 8.09. The van der Waals surface area contributed by atoms with E-state index in [4.69, 9.17) is 5.73 Å². The van der Waals surface area contributed by atoms with Crippen molar-refractivity contribution in [1.82, 2.24) is 24.6 Å². The molecule has 0 aromatic carbocycles. The molecular weight excluding hydrogens is 204 g/mol. The highest BCUT2D eigenvalue weighted by Crippen LogP contribution is 2.15. The molecule has 0 atom stereocenters. The first-order valence-electron chi connectivity index (χ1n) is 4.71. The van der Waals surface area contributed by atoms with E-state index in [1.807, 2.05) is 6.07 Å². The lowest BCUT2D eigenvalue weighted by atomic mass is 10.4. The SMILES string of the molecule is Nc1ccc2nnc(-c3cnccn3)n2c1. The molecule has 78 valence electrons. The number of nitrogens with zero attached hydrogens (tertiary/aromatic N) is 5. The molecule has 3 rings (SSSR count). The van der Waals surface area contributed by atoms with Gasteiger partial charge in [-0.25, -0.2) is 4.98 Å². The Bertz CT molecular complexity index is 630. The first-order chi connectivity index (χ1) is 7.84. The highest BCUT2D eigenvalue weighted by molar-refractivity contribution is 5.56. The van der Waals surface area contributed by atoms with E-state index in [0.717, 1.165) is 5.65 Å². The van der Waals surface area contributed by atoms with Crippen molar-refractivity contribution in [1.29, 1.82) is 0 Å². The summed E-state index contributed by atoms with van der Waals surface area (Å²) in [7, 11) is 0. The number of anilines is 1. The Kier molecular flexibility index (Phi) is 1.79. The maximum Gasteiger partial charge on any atom is 0.188 e.